The Labute approximate surface area is 140 Å². The number of nitrogens with one attached hydrogen (secondary N) is 2. The second-order valence-corrected chi connectivity index (χ2v) is 7.52. The Morgan fingerprint density at radius 3 is 2.96 bits per heavy atom. The first kappa shape index (κ1) is 16.4. The number of imide groups is 1. The lowest BCUT2D eigenvalue weighted by Gasteiger charge is -2.19. The van der Waals surface area contributed by atoms with Crippen molar-refractivity contribution in [3.05, 3.63) is 11.6 Å². The predicted molar refractivity (Wildman–Crippen MR) is 89.1 cm³/mol. The van der Waals surface area contributed by atoms with E-state index in [1.807, 2.05) is 0 Å². The van der Waals surface area contributed by atoms with Crippen LogP contribution in [0.1, 0.15) is 38.5 Å². The molecule has 2 N–H and O–H groups in total. The molecule has 2 fully saturated rings. The molecule has 1 spiro atoms. The van der Waals surface area contributed by atoms with Gasteiger partial charge in [-0.1, -0.05) is 11.6 Å². The molecule has 2 aliphatic heterocycles. The van der Waals surface area contributed by atoms with E-state index in [9.17, 15) is 14.4 Å². The molecule has 4 amide bonds. The summed E-state index contributed by atoms with van der Waals surface area (Å²) < 4.78 is 0. The highest BCUT2D eigenvalue weighted by molar-refractivity contribution is 7.99. The Morgan fingerprint density at radius 2 is 2.26 bits per heavy atom. The molecule has 0 aromatic carbocycles. The van der Waals surface area contributed by atoms with Gasteiger partial charge in [-0.05, 0) is 44.3 Å². The first-order valence-electron chi connectivity index (χ1n) is 8.27. The highest BCUT2D eigenvalue weighted by Gasteiger charge is 2.53. The van der Waals surface area contributed by atoms with Crippen molar-refractivity contribution in [1.29, 1.82) is 0 Å². The molecule has 126 valence electrons. The van der Waals surface area contributed by atoms with Gasteiger partial charge >= 0.3 is 6.03 Å². The fourth-order valence-corrected chi connectivity index (χ4v) is 4.67. The summed E-state index contributed by atoms with van der Waals surface area (Å²) >= 11 is 1.66. The standard InChI is InChI=1S/C16H23N3O3S/c20-13(17-8-6-12-4-2-1-3-5-12)10-19-14(21)16(18-15(19)22)7-9-23-11-16/h4H,1-3,5-11H2,(H,17,20)(H,18,22). The zero-order valence-electron chi connectivity index (χ0n) is 13.2. The highest BCUT2D eigenvalue weighted by Crippen LogP contribution is 2.33. The topological polar surface area (TPSA) is 78.5 Å². The van der Waals surface area contributed by atoms with Crippen molar-refractivity contribution in [2.45, 2.75) is 44.1 Å². The minimum absolute atomic E-state index is 0.184. The van der Waals surface area contributed by atoms with Gasteiger partial charge < -0.3 is 10.6 Å². The van der Waals surface area contributed by atoms with E-state index in [0.717, 1.165) is 29.9 Å². The van der Waals surface area contributed by atoms with E-state index in [2.05, 4.69) is 16.7 Å². The summed E-state index contributed by atoms with van der Waals surface area (Å²) in [5.74, 6) is 0.940. The van der Waals surface area contributed by atoms with Crippen LogP contribution >= 0.6 is 11.8 Å². The van der Waals surface area contributed by atoms with Gasteiger partial charge in [0.05, 0.1) is 0 Å². The van der Waals surface area contributed by atoms with Crippen LogP contribution in [-0.4, -0.2) is 52.9 Å². The van der Waals surface area contributed by atoms with Gasteiger partial charge in [0, 0.05) is 12.3 Å². The molecule has 1 aliphatic carbocycles. The molecule has 0 saturated carbocycles. The number of thioether (sulfide) groups is 1. The summed E-state index contributed by atoms with van der Waals surface area (Å²) in [6.07, 6.45) is 8.48. The molecule has 6 nitrogen and oxygen atoms in total. The Morgan fingerprint density at radius 1 is 1.39 bits per heavy atom. The zero-order chi connectivity index (χ0) is 16.3. The molecule has 23 heavy (non-hydrogen) atoms. The number of carbonyl (C=O) groups is 3. The van der Waals surface area contributed by atoms with E-state index in [0.29, 0.717) is 18.7 Å². The fraction of sp³-hybridized carbons (Fsp3) is 0.688. The minimum atomic E-state index is -0.769. The van der Waals surface area contributed by atoms with Crippen LogP contribution < -0.4 is 10.6 Å². The summed E-state index contributed by atoms with van der Waals surface area (Å²) in [6.45, 7) is 0.380. The summed E-state index contributed by atoms with van der Waals surface area (Å²) in [5, 5.41) is 5.59. The molecule has 3 rings (SSSR count). The normalized spacial score (nSPS) is 27.3. The number of carbonyl (C=O) groups excluding carboxylic acids is 3. The molecule has 0 aromatic heterocycles. The lowest BCUT2D eigenvalue weighted by atomic mass is 9.97. The van der Waals surface area contributed by atoms with Gasteiger partial charge in [0.2, 0.25) is 5.91 Å². The Kier molecular flexibility index (Phi) is 4.94. The first-order valence-corrected chi connectivity index (χ1v) is 9.43. The van der Waals surface area contributed by atoms with Gasteiger partial charge in [-0.3, -0.25) is 14.5 Å². The third kappa shape index (κ3) is 3.54. The van der Waals surface area contributed by atoms with E-state index >= 15 is 0 Å². The van der Waals surface area contributed by atoms with Gasteiger partial charge in [0.1, 0.15) is 12.1 Å². The van der Waals surface area contributed by atoms with Crippen LogP contribution in [0.25, 0.3) is 0 Å². The largest absolute Gasteiger partial charge is 0.354 e. The average Bonchev–Trinajstić information content (AvgIpc) is 3.10. The molecule has 1 unspecified atom stereocenters. The number of urea groups is 1. The minimum Gasteiger partial charge on any atom is -0.354 e. The quantitative estimate of drug-likeness (QED) is 0.587. The van der Waals surface area contributed by atoms with E-state index in [4.69, 9.17) is 0 Å². The van der Waals surface area contributed by atoms with Crippen molar-refractivity contribution >= 4 is 29.6 Å². The number of hydrogen-bond acceptors (Lipinski definition) is 4. The molecule has 2 saturated heterocycles. The molecule has 0 radical (unpaired) electrons. The number of nitrogens with zero attached hydrogens (tertiary/aromatic N) is 1. The molecule has 7 heteroatoms. The van der Waals surface area contributed by atoms with E-state index in [1.54, 1.807) is 11.8 Å². The summed E-state index contributed by atoms with van der Waals surface area (Å²) in [5.41, 5.74) is 0.628. The first-order chi connectivity index (χ1) is 11.1. The molecule has 1 atom stereocenters. The molecular formula is C16H23N3O3S. The predicted octanol–water partition coefficient (Wildman–Crippen LogP) is 1.42. The van der Waals surface area contributed by atoms with Crippen molar-refractivity contribution in [3.8, 4) is 0 Å². The van der Waals surface area contributed by atoms with Crippen LogP contribution in [0.4, 0.5) is 4.79 Å². The van der Waals surface area contributed by atoms with Crippen LogP contribution in [0.2, 0.25) is 0 Å². The smallest absolute Gasteiger partial charge is 0.325 e. The highest BCUT2D eigenvalue weighted by atomic mass is 32.2. The van der Waals surface area contributed by atoms with Crippen molar-refractivity contribution in [2.75, 3.05) is 24.6 Å². The van der Waals surface area contributed by atoms with Gasteiger partial charge in [0.15, 0.2) is 0 Å². The molecule has 0 aromatic rings. The number of rotatable bonds is 5. The molecule has 3 aliphatic rings. The van der Waals surface area contributed by atoms with E-state index in [1.165, 1.54) is 18.4 Å². The van der Waals surface area contributed by atoms with Crippen molar-refractivity contribution in [3.63, 3.8) is 0 Å². The number of amides is 4. The summed E-state index contributed by atoms with van der Waals surface area (Å²) in [4.78, 5) is 37.5. The van der Waals surface area contributed by atoms with Crippen molar-refractivity contribution in [1.82, 2.24) is 15.5 Å². The third-order valence-corrected chi connectivity index (χ3v) is 5.91. The van der Waals surface area contributed by atoms with Crippen molar-refractivity contribution < 1.29 is 14.4 Å². The maximum absolute atomic E-state index is 12.4. The number of hydrogen-bond donors (Lipinski definition) is 2. The van der Waals surface area contributed by atoms with Gasteiger partial charge in [-0.25, -0.2) is 4.79 Å². The van der Waals surface area contributed by atoms with Crippen molar-refractivity contribution in [2.24, 2.45) is 0 Å². The SMILES string of the molecule is O=C(CN1C(=O)NC2(CCSC2)C1=O)NCCC1=CCCCC1. The maximum atomic E-state index is 12.4. The summed E-state index contributed by atoms with van der Waals surface area (Å²) in [7, 11) is 0. The van der Waals surface area contributed by atoms with E-state index < -0.39 is 11.6 Å². The lowest BCUT2D eigenvalue weighted by molar-refractivity contribution is -0.134. The summed E-state index contributed by atoms with van der Waals surface area (Å²) in [6, 6.07) is -0.442. The van der Waals surface area contributed by atoms with Crippen LogP contribution in [0.3, 0.4) is 0 Å². The monoisotopic (exact) mass is 337 g/mol. The Balaban J connectivity index is 1.47. The Bertz CT molecular complexity index is 541. The van der Waals surface area contributed by atoms with Crippen LogP contribution in [0.5, 0.6) is 0 Å². The number of allylic oxidation sites excluding steroid dienone is 1. The van der Waals surface area contributed by atoms with E-state index in [-0.39, 0.29) is 18.4 Å². The van der Waals surface area contributed by atoms with Crippen LogP contribution in [0, 0.1) is 0 Å². The van der Waals surface area contributed by atoms with Crippen LogP contribution in [-0.2, 0) is 9.59 Å². The van der Waals surface area contributed by atoms with Gasteiger partial charge in [-0.15, -0.1) is 0 Å². The third-order valence-electron chi connectivity index (χ3n) is 4.72. The maximum Gasteiger partial charge on any atom is 0.325 e. The fourth-order valence-electron chi connectivity index (χ4n) is 3.35. The second-order valence-electron chi connectivity index (χ2n) is 6.41. The van der Waals surface area contributed by atoms with Gasteiger partial charge in [0.25, 0.3) is 5.91 Å². The second kappa shape index (κ2) is 6.95. The molecular weight excluding hydrogens is 314 g/mol. The zero-order valence-corrected chi connectivity index (χ0v) is 14.0. The Hall–Kier alpha value is -1.50. The lowest BCUT2D eigenvalue weighted by Crippen LogP contribution is -2.47. The average molecular weight is 337 g/mol. The van der Waals surface area contributed by atoms with Gasteiger partial charge in [-0.2, -0.15) is 11.8 Å². The van der Waals surface area contributed by atoms with Crippen LogP contribution in [0.15, 0.2) is 11.6 Å². The molecule has 0 bridgehead atoms. The molecule has 2 heterocycles.